The predicted octanol–water partition coefficient (Wildman–Crippen LogP) is 3.43. The minimum absolute atomic E-state index is 0.0977. The second-order valence-corrected chi connectivity index (χ2v) is 5.96. The maximum Gasteiger partial charge on any atom is 0.238 e. The summed E-state index contributed by atoms with van der Waals surface area (Å²) in [6, 6.07) is 14.7. The highest BCUT2D eigenvalue weighted by molar-refractivity contribution is 5.92. The molecule has 0 aromatic heterocycles. The van der Waals surface area contributed by atoms with Crippen molar-refractivity contribution in [1.29, 1.82) is 5.26 Å². The fourth-order valence-corrected chi connectivity index (χ4v) is 2.65. The Labute approximate surface area is 160 Å². The molecule has 1 N–H and O–H groups in total. The van der Waals surface area contributed by atoms with Gasteiger partial charge in [0.2, 0.25) is 5.91 Å². The number of amides is 1. The number of hydrogen-bond acceptors (Lipinski definition) is 5. The Bertz CT molecular complexity index is 797. The molecule has 6 heteroatoms. The van der Waals surface area contributed by atoms with Crippen LogP contribution in [0.1, 0.15) is 25.0 Å². The number of methoxy groups -OCH3 is 1. The van der Waals surface area contributed by atoms with E-state index in [2.05, 4.69) is 11.4 Å². The van der Waals surface area contributed by atoms with Gasteiger partial charge in [0.25, 0.3) is 0 Å². The van der Waals surface area contributed by atoms with Gasteiger partial charge in [0.15, 0.2) is 11.5 Å². The predicted molar refractivity (Wildman–Crippen MR) is 105 cm³/mol. The molecule has 1 amide bonds. The molecule has 142 valence electrons. The lowest BCUT2D eigenvalue weighted by Crippen LogP contribution is -2.32. The summed E-state index contributed by atoms with van der Waals surface area (Å²) in [7, 11) is 1.62. The van der Waals surface area contributed by atoms with Crippen molar-refractivity contribution in [3.05, 3.63) is 53.6 Å². The van der Waals surface area contributed by atoms with Gasteiger partial charge in [-0.25, -0.2) is 0 Å². The lowest BCUT2D eigenvalue weighted by Gasteiger charge is -2.21. The first kappa shape index (κ1) is 20.3. The maximum atomic E-state index is 12.3. The summed E-state index contributed by atoms with van der Waals surface area (Å²) >= 11 is 0. The van der Waals surface area contributed by atoms with Crippen molar-refractivity contribution in [1.82, 2.24) is 4.90 Å². The number of ether oxygens (including phenoxy) is 2. The molecule has 0 aliphatic carbocycles. The van der Waals surface area contributed by atoms with Crippen LogP contribution in [0.25, 0.3) is 0 Å². The lowest BCUT2D eigenvalue weighted by atomic mass is 10.2. The van der Waals surface area contributed by atoms with Gasteiger partial charge in [0.1, 0.15) is 0 Å². The first-order valence-electron chi connectivity index (χ1n) is 8.91. The van der Waals surface area contributed by atoms with E-state index in [9.17, 15) is 4.79 Å². The molecule has 0 heterocycles. The number of nitrogens with one attached hydrogen (secondary N) is 1. The Morgan fingerprint density at radius 3 is 2.48 bits per heavy atom. The zero-order chi connectivity index (χ0) is 19.6. The fourth-order valence-electron chi connectivity index (χ4n) is 2.65. The molecule has 0 bridgehead atoms. The zero-order valence-electron chi connectivity index (χ0n) is 16.0. The minimum atomic E-state index is -0.0977. The third-order valence-electron chi connectivity index (χ3n) is 4.05. The summed E-state index contributed by atoms with van der Waals surface area (Å²) < 4.78 is 10.9. The zero-order valence-corrected chi connectivity index (χ0v) is 16.0. The van der Waals surface area contributed by atoms with Crippen molar-refractivity contribution in [3.63, 3.8) is 0 Å². The van der Waals surface area contributed by atoms with Gasteiger partial charge < -0.3 is 14.8 Å². The van der Waals surface area contributed by atoms with E-state index < -0.39 is 0 Å². The molecule has 2 aromatic rings. The molecular formula is C21H25N3O3. The van der Waals surface area contributed by atoms with Crippen LogP contribution >= 0.6 is 0 Å². The van der Waals surface area contributed by atoms with Gasteiger partial charge in [-0.15, -0.1) is 0 Å². The van der Waals surface area contributed by atoms with Crippen LogP contribution in [0.3, 0.4) is 0 Å². The van der Waals surface area contributed by atoms with E-state index in [4.69, 9.17) is 14.7 Å². The van der Waals surface area contributed by atoms with Gasteiger partial charge in [0, 0.05) is 12.2 Å². The van der Waals surface area contributed by atoms with Crippen molar-refractivity contribution >= 4 is 11.6 Å². The van der Waals surface area contributed by atoms with Gasteiger partial charge >= 0.3 is 0 Å². The van der Waals surface area contributed by atoms with Crippen LogP contribution in [0.2, 0.25) is 0 Å². The molecule has 2 rings (SSSR count). The van der Waals surface area contributed by atoms with Crippen molar-refractivity contribution in [2.75, 3.05) is 32.1 Å². The highest BCUT2D eigenvalue weighted by Gasteiger charge is 2.12. The number of hydrogen-bond donors (Lipinski definition) is 1. The summed E-state index contributed by atoms with van der Waals surface area (Å²) in [6.45, 7) is 6.15. The average Bonchev–Trinajstić information content (AvgIpc) is 2.69. The summed E-state index contributed by atoms with van der Waals surface area (Å²) in [5, 5.41) is 11.7. The summed E-state index contributed by atoms with van der Waals surface area (Å²) in [4.78, 5) is 14.4. The molecule has 0 atom stereocenters. The van der Waals surface area contributed by atoms with Crippen molar-refractivity contribution in [2.24, 2.45) is 0 Å². The Balaban J connectivity index is 1.98. The second kappa shape index (κ2) is 10.2. The molecule has 0 aliphatic heterocycles. The molecule has 0 aliphatic rings. The van der Waals surface area contributed by atoms with E-state index in [0.717, 1.165) is 12.1 Å². The normalized spacial score (nSPS) is 10.3. The third kappa shape index (κ3) is 6.01. The van der Waals surface area contributed by atoms with E-state index in [0.29, 0.717) is 35.9 Å². The van der Waals surface area contributed by atoms with Crippen molar-refractivity contribution in [2.45, 2.75) is 20.4 Å². The van der Waals surface area contributed by atoms with Gasteiger partial charge in [-0.05, 0) is 55.4 Å². The molecule has 0 spiro atoms. The Morgan fingerprint density at radius 2 is 1.89 bits per heavy atom. The second-order valence-electron chi connectivity index (χ2n) is 5.96. The van der Waals surface area contributed by atoms with Crippen LogP contribution < -0.4 is 14.8 Å². The molecule has 27 heavy (non-hydrogen) atoms. The number of benzene rings is 2. The SMILES string of the molecule is CCOc1ccc(CN(CC)CC(=O)Nc2ccc(C#N)cc2)cc1OC. The van der Waals surface area contributed by atoms with Crippen LogP contribution in [0, 0.1) is 11.3 Å². The van der Waals surface area contributed by atoms with Crippen molar-refractivity contribution in [3.8, 4) is 17.6 Å². The largest absolute Gasteiger partial charge is 0.493 e. The van der Waals surface area contributed by atoms with E-state index >= 15 is 0 Å². The van der Waals surface area contributed by atoms with Gasteiger partial charge in [-0.2, -0.15) is 5.26 Å². The van der Waals surface area contributed by atoms with E-state index in [1.54, 1.807) is 31.4 Å². The first-order chi connectivity index (χ1) is 13.1. The summed E-state index contributed by atoms with van der Waals surface area (Å²) in [5.41, 5.74) is 2.29. The van der Waals surface area contributed by atoms with Gasteiger partial charge in [-0.3, -0.25) is 9.69 Å². The molecule has 0 saturated carbocycles. The smallest absolute Gasteiger partial charge is 0.238 e. The number of likely N-dealkylation sites (N-methyl/N-ethyl adjacent to an activating group) is 1. The standard InChI is InChI=1S/C21H25N3O3/c1-4-24(14-17-8-11-19(27-5-2)20(12-17)26-3)15-21(25)23-18-9-6-16(13-22)7-10-18/h6-12H,4-5,14-15H2,1-3H3,(H,23,25). The molecule has 0 unspecified atom stereocenters. The highest BCUT2D eigenvalue weighted by Crippen LogP contribution is 2.28. The molecule has 2 aromatic carbocycles. The monoisotopic (exact) mass is 367 g/mol. The molecule has 6 nitrogen and oxygen atoms in total. The van der Waals surface area contributed by atoms with Crippen LogP contribution in [0.5, 0.6) is 11.5 Å². The number of rotatable bonds is 9. The number of carbonyl (C=O) groups excluding carboxylic acids is 1. The van der Waals surface area contributed by atoms with E-state index in [1.165, 1.54) is 0 Å². The molecule has 0 radical (unpaired) electrons. The third-order valence-corrected chi connectivity index (χ3v) is 4.05. The Hall–Kier alpha value is -3.04. The molecular weight excluding hydrogens is 342 g/mol. The topological polar surface area (TPSA) is 74.6 Å². The Kier molecular flexibility index (Phi) is 7.65. The van der Waals surface area contributed by atoms with Crippen LogP contribution in [-0.2, 0) is 11.3 Å². The van der Waals surface area contributed by atoms with Crippen LogP contribution in [0.15, 0.2) is 42.5 Å². The van der Waals surface area contributed by atoms with Gasteiger partial charge in [0.05, 0.1) is 31.9 Å². The number of nitrogens with zero attached hydrogens (tertiary/aromatic N) is 2. The average molecular weight is 367 g/mol. The van der Waals surface area contributed by atoms with E-state index in [-0.39, 0.29) is 12.5 Å². The minimum Gasteiger partial charge on any atom is -0.493 e. The number of nitriles is 1. The molecule has 0 saturated heterocycles. The number of anilines is 1. The van der Waals surface area contributed by atoms with E-state index in [1.807, 2.05) is 36.9 Å². The fraction of sp³-hybridized carbons (Fsp3) is 0.333. The van der Waals surface area contributed by atoms with Gasteiger partial charge in [-0.1, -0.05) is 13.0 Å². The number of carbonyl (C=O) groups is 1. The molecule has 0 fully saturated rings. The highest BCUT2D eigenvalue weighted by atomic mass is 16.5. The van der Waals surface area contributed by atoms with Crippen LogP contribution in [-0.4, -0.2) is 37.6 Å². The Morgan fingerprint density at radius 1 is 1.15 bits per heavy atom. The summed E-state index contributed by atoms with van der Waals surface area (Å²) in [5.74, 6) is 1.30. The van der Waals surface area contributed by atoms with Crippen molar-refractivity contribution < 1.29 is 14.3 Å². The lowest BCUT2D eigenvalue weighted by molar-refractivity contribution is -0.117. The first-order valence-corrected chi connectivity index (χ1v) is 8.91. The quantitative estimate of drug-likeness (QED) is 0.735. The van der Waals surface area contributed by atoms with Crippen LogP contribution in [0.4, 0.5) is 5.69 Å². The maximum absolute atomic E-state index is 12.3. The summed E-state index contributed by atoms with van der Waals surface area (Å²) in [6.07, 6.45) is 0.